The number of sulfonamides is 1. The molecule has 3 rings (SSSR count). The summed E-state index contributed by atoms with van der Waals surface area (Å²) in [7, 11) is -2.48. The molecule has 1 saturated carbocycles. The van der Waals surface area contributed by atoms with Crippen LogP contribution in [0.4, 0.5) is 11.4 Å². The normalized spacial score (nSPS) is 14.3. The maximum Gasteiger partial charge on any atom is 0.271 e. The topological polar surface area (TPSA) is 124 Å². The van der Waals surface area contributed by atoms with Crippen molar-refractivity contribution in [3.63, 3.8) is 0 Å². The first-order valence-electron chi connectivity index (χ1n) is 7.41. The molecule has 0 unspecified atom stereocenters. The van der Waals surface area contributed by atoms with E-state index < -0.39 is 20.7 Å². The molecule has 1 aromatic heterocycles. The molecule has 132 valence electrons. The zero-order chi connectivity index (χ0) is 18.4. The number of nitro benzene ring substituents is 1. The molecule has 0 atom stereocenters. The van der Waals surface area contributed by atoms with Gasteiger partial charge >= 0.3 is 0 Å². The minimum Gasteiger partial charge on any atom is -0.360 e. The Labute approximate surface area is 143 Å². The predicted molar refractivity (Wildman–Crippen MR) is 88.3 cm³/mol. The maximum absolute atomic E-state index is 12.9. The lowest BCUT2D eigenvalue weighted by Gasteiger charge is -2.19. The SMILES string of the molecule is CN(c1cc([N+](=O)[O-])ccc1C(=O)c1cnoc1C1CC1)S(C)(=O)=O. The lowest BCUT2D eigenvalue weighted by molar-refractivity contribution is -0.384. The molecule has 0 bridgehead atoms. The first kappa shape index (κ1) is 17.1. The second kappa shape index (κ2) is 5.96. The van der Waals surface area contributed by atoms with Gasteiger partial charge in [-0.05, 0) is 18.9 Å². The molecular weight excluding hydrogens is 350 g/mol. The van der Waals surface area contributed by atoms with Gasteiger partial charge in [0.15, 0.2) is 11.5 Å². The van der Waals surface area contributed by atoms with Gasteiger partial charge in [0, 0.05) is 30.7 Å². The Balaban J connectivity index is 2.12. The van der Waals surface area contributed by atoms with Crippen LogP contribution in [0.2, 0.25) is 0 Å². The third kappa shape index (κ3) is 3.25. The van der Waals surface area contributed by atoms with Crippen LogP contribution in [-0.2, 0) is 10.0 Å². The van der Waals surface area contributed by atoms with Crippen molar-refractivity contribution in [1.29, 1.82) is 0 Å². The van der Waals surface area contributed by atoms with Crippen molar-refractivity contribution in [2.75, 3.05) is 17.6 Å². The highest BCUT2D eigenvalue weighted by Crippen LogP contribution is 2.42. The summed E-state index contributed by atoms with van der Waals surface area (Å²) in [6.45, 7) is 0. The van der Waals surface area contributed by atoms with Gasteiger partial charge in [0.1, 0.15) is 0 Å². The van der Waals surface area contributed by atoms with Crippen LogP contribution >= 0.6 is 0 Å². The number of rotatable bonds is 6. The average Bonchev–Trinajstić information content (AvgIpc) is 3.28. The van der Waals surface area contributed by atoms with Crippen molar-refractivity contribution < 1.29 is 22.7 Å². The van der Waals surface area contributed by atoms with Crippen LogP contribution in [0.5, 0.6) is 0 Å². The number of nitro groups is 1. The summed E-state index contributed by atoms with van der Waals surface area (Å²) in [6.07, 6.45) is 4.04. The van der Waals surface area contributed by atoms with Crippen molar-refractivity contribution in [3.8, 4) is 0 Å². The van der Waals surface area contributed by atoms with Gasteiger partial charge in [-0.15, -0.1) is 0 Å². The van der Waals surface area contributed by atoms with Gasteiger partial charge in [-0.3, -0.25) is 19.2 Å². The molecule has 1 heterocycles. The predicted octanol–water partition coefficient (Wildman–Crippen LogP) is 2.09. The number of hydrogen-bond donors (Lipinski definition) is 0. The Morgan fingerprint density at radius 2 is 2.04 bits per heavy atom. The number of ketones is 1. The minimum absolute atomic E-state index is 0.0311. The molecule has 0 amide bonds. The monoisotopic (exact) mass is 365 g/mol. The number of hydrogen-bond acceptors (Lipinski definition) is 7. The van der Waals surface area contributed by atoms with Crippen LogP contribution in [-0.4, -0.2) is 37.6 Å². The second-order valence-electron chi connectivity index (χ2n) is 5.90. The summed E-state index contributed by atoms with van der Waals surface area (Å²) in [5.41, 5.74) is -0.0949. The third-order valence-electron chi connectivity index (χ3n) is 4.06. The van der Waals surface area contributed by atoms with Gasteiger partial charge in [0.05, 0.1) is 28.6 Å². The molecule has 0 radical (unpaired) electrons. The molecule has 0 N–H and O–H groups in total. The van der Waals surface area contributed by atoms with E-state index in [4.69, 9.17) is 4.52 Å². The summed E-state index contributed by atoms with van der Waals surface area (Å²) in [4.78, 5) is 23.3. The largest absolute Gasteiger partial charge is 0.360 e. The molecule has 0 saturated heterocycles. The Hall–Kier alpha value is -2.75. The molecular formula is C15H15N3O6S. The summed E-state index contributed by atoms with van der Waals surface area (Å²) in [5, 5.41) is 14.7. The van der Waals surface area contributed by atoms with Crippen molar-refractivity contribution in [3.05, 3.63) is 51.4 Å². The molecule has 9 nitrogen and oxygen atoms in total. The molecule has 2 aromatic rings. The summed E-state index contributed by atoms with van der Waals surface area (Å²) in [6, 6.07) is 3.48. The van der Waals surface area contributed by atoms with Crippen LogP contribution in [0, 0.1) is 10.1 Å². The fourth-order valence-electron chi connectivity index (χ4n) is 2.47. The number of anilines is 1. The molecule has 1 fully saturated rings. The molecule has 0 spiro atoms. The number of carbonyl (C=O) groups excluding carboxylic acids is 1. The van der Waals surface area contributed by atoms with E-state index in [0.29, 0.717) is 5.76 Å². The first-order chi connectivity index (χ1) is 11.7. The zero-order valence-electron chi connectivity index (χ0n) is 13.5. The second-order valence-corrected chi connectivity index (χ2v) is 7.91. The molecule has 1 aliphatic carbocycles. The van der Waals surface area contributed by atoms with Gasteiger partial charge in [0.25, 0.3) is 5.69 Å². The summed E-state index contributed by atoms with van der Waals surface area (Å²) >= 11 is 0. The van der Waals surface area contributed by atoms with Gasteiger partial charge in [-0.25, -0.2) is 8.42 Å². The van der Waals surface area contributed by atoms with Crippen LogP contribution in [0.15, 0.2) is 28.9 Å². The van der Waals surface area contributed by atoms with Crippen LogP contribution in [0.25, 0.3) is 0 Å². The van der Waals surface area contributed by atoms with Gasteiger partial charge in [0.2, 0.25) is 10.0 Å². The van der Waals surface area contributed by atoms with E-state index in [1.165, 1.54) is 19.3 Å². The highest BCUT2D eigenvalue weighted by atomic mass is 32.2. The Morgan fingerprint density at radius 1 is 1.36 bits per heavy atom. The van der Waals surface area contributed by atoms with Crippen LogP contribution < -0.4 is 4.31 Å². The van der Waals surface area contributed by atoms with Crippen LogP contribution in [0.1, 0.15) is 40.4 Å². The van der Waals surface area contributed by atoms with E-state index in [0.717, 1.165) is 35.5 Å². The standard InChI is InChI=1S/C15H15N3O6S/c1-17(25(2,22)23)13-7-10(18(20)21)5-6-11(13)14(19)12-8-16-24-15(12)9-3-4-9/h5-9H,3-4H2,1-2H3. The number of benzene rings is 1. The van der Waals surface area contributed by atoms with E-state index in [1.807, 2.05) is 0 Å². The Bertz CT molecular complexity index is 961. The molecule has 0 aliphatic heterocycles. The first-order valence-corrected chi connectivity index (χ1v) is 9.26. The average molecular weight is 365 g/mol. The molecule has 1 aliphatic rings. The molecule has 10 heteroatoms. The maximum atomic E-state index is 12.9. The van der Waals surface area contributed by atoms with Crippen molar-refractivity contribution >= 4 is 27.2 Å². The van der Waals surface area contributed by atoms with Crippen molar-refractivity contribution in [2.45, 2.75) is 18.8 Å². The van der Waals surface area contributed by atoms with Crippen molar-refractivity contribution in [2.24, 2.45) is 0 Å². The van der Waals surface area contributed by atoms with E-state index in [-0.39, 0.29) is 28.4 Å². The fourth-order valence-corrected chi connectivity index (χ4v) is 2.98. The van der Waals surface area contributed by atoms with Crippen LogP contribution in [0.3, 0.4) is 0 Å². The van der Waals surface area contributed by atoms with Gasteiger partial charge < -0.3 is 4.52 Å². The van der Waals surface area contributed by atoms with E-state index in [9.17, 15) is 23.3 Å². The van der Waals surface area contributed by atoms with E-state index in [1.54, 1.807) is 0 Å². The lowest BCUT2D eigenvalue weighted by atomic mass is 10.0. The Morgan fingerprint density at radius 3 is 2.60 bits per heavy atom. The highest BCUT2D eigenvalue weighted by molar-refractivity contribution is 7.92. The van der Waals surface area contributed by atoms with Crippen molar-refractivity contribution in [1.82, 2.24) is 5.16 Å². The molecule has 1 aromatic carbocycles. The van der Waals surface area contributed by atoms with Gasteiger partial charge in [-0.1, -0.05) is 5.16 Å². The Kier molecular flexibility index (Phi) is 4.07. The summed E-state index contributed by atoms with van der Waals surface area (Å²) in [5.74, 6) is 0.121. The third-order valence-corrected chi connectivity index (χ3v) is 5.26. The lowest BCUT2D eigenvalue weighted by Crippen LogP contribution is -2.27. The number of nitrogens with zero attached hydrogens (tertiary/aromatic N) is 3. The quantitative estimate of drug-likeness (QED) is 0.436. The van der Waals surface area contributed by atoms with Gasteiger partial charge in [-0.2, -0.15) is 0 Å². The number of aromatic nitrogens is 1. The number of carbonyl (C=O) groups is 1. The highest BCUT2D eigenvalue weighted by Gasteiger charge is 2.34. The molecule has 25 heavy (non-hydrogen) atoms. The fraction of sp³-hybridized carbons (Fsp3) is 0.333. The number of non-ortho nitro benzene ring substituents is 1. The zero-order valence-corrected chi connectivity index (χ0v) is 14.3. The van der Waals surface area contributed by atoms with E-state index >= 15 is 0 Å². The smallest absolute Gasteiger partial charge is 0.271 e. The summed E-state index contributed by atoms with van der Waals surface area (Å²) < 4.78 is 29.7. The minimum atomic E-state index is -3.72. The van der Waals surface area contributed by atoms with E-state index in [2.05, 4.69) is 5.16 Å².